The van der Waals surface area contributed by atoms with E-state index in [0.29, 0.717) is 26.3 Å². The van der Waals surface area contributed by atoms with Crippen LogP contribution in [0.2, 0.25) is 10.0 Å². The molecule has 0 radical (unpaired) electrons. The van der Waals surface area contributed by atoms with Crippen LogP contribution in [0, 0.1) is 13.8 Å². The minimum Gasteiger partial charge on any atom is -0.484 e. The Morgan fingerprint density at radius 2 is 1.78 bits per heavy atom. The van der Waals surface area contributed by atoms with E-state index in [4.69, 9.17) is 27.9 Å². The van der Waals surface area contributed by atoms with Gasteiger partial charge in [-0.25, -0.2) is 0 Å². The number of carbonyl (C=O) groups excluding carboxylic acids is 3. The molecule has 0 atom stereocenters. The van der Waals surface area contributed by atoms with Crippen LogP contribution in [0.3, 0.4) is 0 Å². The second-order valence-electron chi connectivity index (χ2n) is 8.17. The van der Waals surface area contributed by atoms with Gasteiger partial charge in [0, 0.05) is 5.69 Å². The second-order valence-corrected chi connectivity index (χ2v) is 9.98. The summed E-state index contributed by atoms with van der Waals surface area (Å²) in [5.41, 5.74) is 4.29. The summed E-state index contributed by atoms with van der Waals surface area (Å²) in [4.78, 5) is 39.0. The van der Waals surface area contributed by atoms with E-state index in [-0.39, 0.29) is 30.2 Å². The third kappa shape index (κ3) is 6.10. The largest absolute Gasteiger partial charge is 0.484 e. The number of rotatable bonds is 7. The normalized spacial score (nSPS) is 14.4. The first-order valence-electron chi connectivity index (χ1n) is 11.0. The van der Waals surface area contributed by atoms with Crippen molar-refractivity contribution in [2.24, 2.45) is 0 Å². The number of hydrogen-bond acceptors (Lipinski definition) is 5. The van der Waals surface area contributed by atoms with Gasteiger partial charge in [-0.1, -0.05) is 53.5 Å². The van der Waals surface area contributed by atoms with Crippen LogP contribution < -0.4 is 10.1 Å². The molecular weight excluding hydrogens is 519 g/mol. The van der Waals surface area contributed by atoms with Gasteiger partial charge in [0.2, 0.25) is 0 Å². The Morgan fingerprint density at radius 3 is 2.50 bits per heavy atom. The Balaban J connectivity index is 1.35. The van der Waals surface area contributed by atoms with Crippen molar-refractivity contribution in [1.82, 2.24) is 4.90 Å². The number of benzene rings is 3. The Labute approximate surface area is 223 Å². The Hall–Kier alpha value is -3.26. The monoisotopic (exact) mass is 540 g/mol. The molecule has 0 spiro atoms. The van der Waals surface area contributed by atoms with Gasteiger partial charge in [-0.05, 0) is 84.3 Å². The lowest BCUT2D eigenvalue weighted by Crippen LogP contribution is -2.27. The number of nitrogens with one attached hydrogen (secondary N) is 1. The number of thioether (sulfide) groups is 1. The molecule has 1 fully saturated rings. The molecule has 0 unspecified atom stereocenters. The molecule has 184 valence electrons. The summed E-state index contributed by atoms with van der Waals surface area (Å²) in [6, 6.07) is 17.6. The predicted molar refractivity (Wildman–Crippen MR) is 144 cm³/mol. The minimum absolute atomic E-state index is 0.107. The average Bonchev–Trinajstić information content (AvgIpc) is 3.11. The van der Waals surface area contributed by atoms with E-state index in [1.807, 2.05) is 32.0 Å². The van der Waals surface area contributed by atoms with Crippen LogP contribution in [0.1, 0.15) is 22.3 Å². The fourth-order valence-electron chi connectivity index (χ4n) is 3.49. The van der Waals surface area contributed by atoms with Crippen LogP contribution in [0.25, 0.3) is 6.08 Å². The van der Waals surface area contributed by atoms with Gasteiger partial charge >= 0.3 is 0 Å². The van der Waals surface area contributed by atoms with Gasteiger partial charge in [0.15, 0.2) is 6.61 Å². The van der Waals surface area contributed by atoms with Crippen molar-refractivity contribution in [1.29, 1.82) is 0 Å². The predicted octanol–water partition coefficient (Wildman–Crippen LogP) is 6.86. The third-order valence-corrected chi connectivity index (χ3v) is 7.27. The summed E-state index contributed by atoms with van der Waals surface area (Å²) in [6.07, 6.45) is 1.65. The lowest BCUT2D eigenvalue weighted by Gasteiger charge is -2.13. The first kappa shape index (κ1) is 25.8. The zero-order chi connectivity index (χ0) is 25.8. The maximum absolute atomic E-state index is 12.8. The lowest BCUT2D eigenvalue weighted by molar-refractivity contribution is -0.123. The number of imide groups is 1. The maximum Gasteiger partial charge on any atom is 0.293 e. The van der Waals surface area contributed by atoms with Gasteiger partial charge in [0.05, 0.1) is 21.5 Å². The third-order valence-electron chi connectivity index (χ3n) is 5.62. The van der Waals surface area contributed by atoms with Gasteiger partial charge in [-0.3, -0.25) is 19.3 Å². The van der Waals surface area contributed by atoms with Crippen LogP contribution in [-0.4, -0.2) is 28.6 Å². The number of halogens is 2. The van der Waals surface area contributed by atoms with E-state index >= 15 is 0 Å². The molecule has 4 rings (SSSR count). The second kappa shape index (κ2) is 11.2. The summed E-state index contributed by atoms with van der Waals surface area (Å²) in [6.45, 7) is 3.90. The highest BCUT2D eigenvalue weighted by Crippen LogP contribution is 2.34. The van der Waals surface area contributed by atoms with Crippen LogP contribution >= 0.6 is 35.0 Å². The van der Waals surface area contributed by atoms with E-state index in [1.54, 1.807) is 48.5 Å². The van der Waals surface area contributed by atoms with E-state index in [0.717, 1.165) is 34.1 Å². The molecule has 1 N–H and O–H groups in total. The van der Waals surface area contributed by atoms with E-state index in [2.05, 4.69) is 5.32 Å². The Bertz CT molecular complexity index is 1370. The SMILES string of the molecule is Cc1cccc(NC(=O)COc2ccc(/C=C3\SC(=O)N(Cc4ccc(Cl)c(Cl)c4)C3=O)cc2)c1C. The van der Waals surface area contributed by atoms with Gasteiger partial charge in [0.1, 0.15) is 5.75 Å². The number of anilines is 1. The summed E-state index contributed by atoms with van der Waals surface area (Å²) < 4.78 is 5.59. The topological polar surface area (TPSA) is 75.7 Å². The van der Waals surface area contributed by atoms with Gasteiger partial charge < -0.3 is 10.1 Å². The molecule has 0 saturated carbocycles. The van der Waals surface area contributed by atoms with Crippen LogP contribution in [0.5, 0.6) is 5.75 Å². The molecule has 1 aliphatic rings. The minimum atomic E-state index is -0.375. The number of carbonyl (C=O) groups is 3. The highest BCUT2D eigenvalue weighted by Gasteiger charge is 2.35. The molecule has 0 bridgehead atoms. The smallest absolute Gasteiger partial charge is 0.293 e. The highest BCUT2D eigenvalue weighted by atomic mass is 35.5. The summed E-state index contributed by atoms with van der Waals surface area (Å²) in [5, 5.41) is 3.27. The van der Waals surface area contributed by atoms with Crippen molar-refractivity contribution in [3.05, 3.63) is 97.9 Å². The first-order chi connectivity index (χ1) is 17.2. The van der Waals surface area contributed by atoms with Crippen molar-refractivity contribution in [2.75, 3.05) is 11.9 Å². The Morgan fingerprint density at radius 1 is 1.03 bits per heavy atom. The Kier molecular flexibility index (Phi) is 8.04. The summed E-state index contributed by atoms with van der Waals surface area (Å²) in [5.74, 6) is -0.126. The zero-order valence-electron chi connectivity index (χ0n) is 19.5. The molecule has 3 aromatic carbocycles. The molecule has 0 aliphatic carbocycles. The van der Waals surface area contributed by atoms with Crippen molar-refractivity contribution < 1.29 is 19.1 Å². The summed E-state index contributed by atoms with van der Waals surface area (Å²) in [7, 11) is 0. The van der Waals surface area contributed by atoms with Crippen LogP contribution in [-0.2, 0) is 16.1 Å². The number of ether oxygens (including phenoxy) is 1. The van der Waals surface area contributed by atoms with E-state index in [9.17, 15) is 14.4 Å². The molecule has 1 saturated heterocycles. The van der Waals surface area contributed by atoms with Crippen molar-refractivity contribution in [2.45, 2.75) is 20.4 Å². The average molecular weight is 541 g/mol. The molecule has 0 aromatic heterocycles. The van der Waals surface area contributed by atoms with E-state index < -0.39 is 0 Å². The highest BCUT2D eigenvalue weighted by molar-refractivity contribution is 8.18. The standard InChI is InChI=1S/C27H22Cl2N2O4S/c1-16-4-3-5-23(17(16)2)30-25(32)15-35-20-9-6-18(7-10-20)13-24-26(33)31(27(34)36-24)14-19-8-11-21(28)22(29)12-19/h3-13H,14-15H2,1-2H3,(H,30,32)/b24-13-. The number of hydrogen-bond donors (Lipinski definition) is 1. The fourth-order valence-corrected chi connectivity index (χ4v) is 4.65. The molecule has 6 nitrogen and oxygen atoms in total. The van der Waals surface area contributed by atoms with Crippen LogP contribution in [0.4, 0.5) is 10.5 Å². The number of amides is 3. The molecule has 3 aromatic rings. The molecule has 36 heavy (non-hydrogen) atoms. The molecule has 3 amide bonds. The fraction of sp³-hybridized carbons (Fsp3) is 0.148. The van der Waals surface area contributed by atoms with Crippen LogP contribution in [0.15, 0.2) is 65.6 Å². The van der Waals surface area contributed by atoms with Gasteiger partial charge in [-0.15, -0.1) is 0 Å². The maximum atomic E-state index is 12.8. The quantitative estimate of drug-likeness (QED) is 0.331. The first-order valence-corrected chi connectivity index (χ1v) is 12.6. The number of nitrogens with zero attached hydrogens (tertiary/aromatic N) is 1. The molecular formula is C27H22Cl2N2O4S. The van der Waals surface area contributed by atoms with E-state index in [1.165, 1.54) is 4.90 Å². The molecule has 9 heteroatoms. The van der Waals surface area contributed by atoms with Gasteiger partial charge in [-0.2, -0.15) is 0 Å². The van der Waals surface area contributed by atoms with Crippen molar-refractivity contribution >= 4 is 63.8 Å². The molecule has 1 heterocycles. The van der Waals surface area contributed by atoms with Gasteiger partial charge in [0.25, 0.3) is 17.1 Å². The number of aryl methyl sites for hydroxylation is 1. The zero-order valence-corrected chi connectivity index (χ0v) is 21.8. The summed E-state index contributed by atoms with van der Waals surface area (Å²) >= 11 is 12.9. The lowest BCUT2D eigenvalue weighted by atomic mass is 10.1. The van der Waals surface area contributed by atoms with Crippen molar-refractivity contribution in [3.8, 4) is 5.75 Å². The molecule has 1 aliphatic heterocycles. The van der Waals surface area contributed by atoms with Crippen molar-refractivity contribution in [3.63, 3.8) is 0 Å².